The number of aromatic nitrogens is 2. The van der Waals surface area contributed by atoms with Gasteiger partial charge in [-0.25, -0.2) is 9.97 Å². The van der Waals surface area contributed by atoms with E-state index in [0.717, 1.165) is 28.5 Å². The molecule has 0 atom stereocenters. The Morgan fingerprint density at radius 1 is 1.36 bits per heavy atom. The number of carbonyl (C=O) groups is 1. The molecule has 0 amide bonds. The van der Waals surface area contributed by atoms with Crippen LogP contribution in [0.15, 0.2) is 11.4 Å². The molecule has 0 N–H and O–H groups in total. The molecule has 0 fully saturated rings. The topological polar surface area (TPSA) is 52.1 Å². The third-order valence-electron chi connectivity index (χ3n) is 3.79. The number of thiophene rings is 1. The fraction of sp³-hybridized carbons (Fsp3) is 0.562. The van der Waals surface area contributed by atoms with Gasteiger partial charge in [0.25, 0.3) is 0 Å². The summed E-state index contributed by atoms with van der Waals surface area (Å²) in [4.78, 5) is 22.9. The maximum absolute atomic E-state index is 11.4. The number of hydrogen-bond acceptors (Lipinski definition) is 6. The van der Waals surface area contributed by atoms with Gasteiger partial charge >= 0.3 is 5.97 Å². The maximum atomic E-state index is 11.4. The molecule has 0 unspecified atom stereocenters. The molecule has 0 radical (unpaired) electrons. The van der Waals surface area contributed by atoms with Crippen molar-refractivity contribution < 1.29 is 9.53 Å². The van der Waals surface area contributed by atoms with E-state index in [2.05, 4.69) is 9.97 Å². The zero-order valence-electron chi connectivity index (χ0n) is 12.8. The lowest BCUT2D eigenvalue weighted by molar-refractivity contribution is -0.143. The summed E-state index contributed by atoms with van der Waals surface area (Å²) in [5.74, 6) is 0.777. The molecule has 2 aromatic heterocycles. The second kappa shape index (κ2) is 7.42. The molecule has 1 aliphatic carbocycles. The summed E-state index contributed by atoms with van der Waals surface area (Å²) < 4.78 is 4.95. The van der Waals surface area contributed by atoms with Crippen LogP contribution < -0.4 is 0 Å². The summed E-state index contributed by atoms with van der Waals surface area (Å²) in [7, 11) is 0. The van der Waals surface area contributed by atoms with Crippen molar-refractivity contribution in [2.24, 2.45) is 0 Å². The lowest BCUT2D eigenvalue weighted by Gasteiger charge is -2.11. The van der Waals surface area contributed by atoms with Crippen molar-refractivity contribution in [2.45, 2.75) is 50.5 Å². The number of aryl methyl sites for hydroxylation is 2. The number of carbonyl (C=O) groups excluding carboxylic acids is 1. The lowest BCUT2D eigenvalue weighted by Crippen LogP contribution is -2.04. The molecule has 0 aromatic carbocycles. The molecule has 6 heteroatoms. The van der Waals surface area contributed by atoms with Crippen molar-refractivity contribution in [3.8, 4) is 0 Å². The van der Waals surface area contributed by atoms with Crippen LogP contribution in [-0.2, 0) is 22.4 Å². The second-order valence-corrected chi connectivity index (χ2v) is 7.49. The predicted octanol–water partition coefficient (Wildman–Crippen LogP) is 4.01. The second-order valence-electron chi connectivity index (χ2n) is 5.33. The van der Waals surface area contributed by atoms with E-state index in [4.69, 9.17) is 4.74 Å². The maximum Gasteiger partial charge on any atom is 0.305 e. The SMILES string of the molecule is CCOC(=O)CCCSc1ncnc2sc3c(c12)CCCC3. The van der Waals surface area contributed by atoms with E-state index < -0.39 is 0 Å². The molecule has 22 heavy (non-hydrogen) atoms. The molecular weight excluding hydrogens is 316 g/mol. The summed E-state index contributed by atoms with van der Waals surface area (Å²) in [6, 6.07) is 0. The average molecular weight is 336 g/mol. The Bertz CT molecular complexity index is 669. The van der Waals surface area contributed by atoms with Crippen LogP contribution in [0.3, 0.4) is 0 Å². The number of nitrogens with zero attached hydrogens (tertiary/aromatic N) is 2. The molecule has 2 heterocycles. The van der Waals surface area contributed by atoms with Crippen LogP contribution in [0.1, 0.15) is 43.0 Å². The first-order valence-electron chi connectivity index (χ1n) is 7.83. The third kappa shape index (κ3) is 3.43. The van der Waals surface area contributed by atoms with Gasteiger partial charge in [0.05, 0.1) is 6.61 Å². The molecular formula is C16H20N2O2S2. The number of thioether (sulfide) groups is 1. The first-order chi connectivity index (χ1) is 10.8. The monoisotopic (exact) mass is 336 g/mol. The summed E-state index contributed by atoms with van der Waals surface area (Å²) >= 11 is 3.56. The van der Waals surface area contributed by atoms with Crippen LogP contribution in [0.5, 0.6) is 0 Å². The Kier molecular flexibility index (Phi) is 5.31. The van der Waals surface area contributed by atoms with Gasteiger partial charge in [-0.1, -0.05) is 0 Å². The molecule has 0 saturated heterocycles. The predicted molar refractivity (Wildman–Crippen MR) is 90.6 cm³/mol. The number of ether oxygens (including phenoxy) is 1. The number of esters is 1. The molecule has 2 aromatic rings. The molecule has 0 aliphatic heterocycles. The first kappa shape index (κ1) is 15.7. The van der Waals surface area contributed by atoms with E-state index in [1.807, 2.05) is 18.3 Å². The normalized spacial score (nSPS) is 14.0. The van der Waals surface area contributed by atoms with Crippen molar-refractivity contribution in [1.29, 1.82) is 0 Å². The Hall–Kier alpha value is -1.14. The summed E-state index contributed by atoms with van der Waals surface area (Å²) in [6.07, 6.45) is 7.86. The van der Waals surface area contributed by atoms with Gasteiger partial charge in [0, 0.05) is 22.4 Å². The van der Waals surface area contributed by atoms with Gasteiger partial charge in [-0.05, 0) is 44.6 Å². The molecule has 1 aliphatic rings. The van der Waals surface area contributed by atoms with Gasteiger partial charge in [0.2, 0.25) is 0 Å². The van der Waals surface area contributed by atoms with E-state index in [-0.39, 0.29) is 5.97 Å². The highest BCUT2D eigenvalue weighted by Gasteiger charge is 2.19. The number of rotatable bonds is 6. The van der Waals surface area contributed by atoms with Gasteiger partial charge < -0.3 is 4.74 Å². The highest BCUT2D eigenvalue weighted by atomic mass is 32.2. The Balaban J connectivity index is 1.69. The van der Waals surface area contributed by atoms with Crippen molar-refractivity contribution in [3.63, 3.8) is 0 Å². The van der Waals surface area contributed by atoms with Crippen molar-refractivity contribution in [3.05, 3.63) is 16.8 Å². The van der Waals surface area contributed by atoms with E-state index in [1.54, 1.807) is 18.1 Å². The Morgan fingerprint density at radius 3 is 3.09 bits per heavy atom. The van der Waals surface area contributed by atoms with E-state index in [0.29, 0.717) is 13.0 Å². The number of fused-ring (bicyclic) bond motifs is 3. The fourth-order valence-corrected chi connectivity index (χ4v) is 5.05. The Labute approximate surface area is 138 Å². The summed E-state index contributed by atoms with van der Waals surface area (Å²) in [6.45, 7) is 2.30. The summed E-state index contributed by atoms with van der Waals surface area (Å²) in [5, 5.41) is 2.34. The van der Waals surface area contributed by atoms with Gasteiger partial charge in [-0.2, -0.15) is 0 Å². The van der Waals surface area contributed by atoms with E-state index in [9.17, 15) is 4.79 Å². The minimum Gasteiger partial charge on any atom is -0.466 e. The minimum atomic E-state index is -0.108. The minimum absolute atomic E-state index is 0.108. The highest BCUT2D eigenvalue weighted by molar-refractivity contribution is 7.99. The quantitative estimate of drug-likeness (QED) is 0.345. The molecule has 3 rings (SSSR count). The summed E-state index contributed by atoms with van der Waals surface area (Å²) in [5.41, 5.74) is 1.47. The molecule has 118 valence electrons. The Morgan fingerprint density at radius 2 is 2.23 bits per heavy atom. The fourth-order valence-electron chi connectivity index (χ4n) is 2.79. The highest BCUT2D eigenvalue weighted by Crippen LogP contribution is 2.39. The van der Waals surface area contributed by atoms with Crippen LogP contribution >= 0.6 is 23.1 Å². The molecule has 0 bridgehead atoms. The zero-order valence-corrected chi connectivity index (χ0v) is 14.4. The number of hydrogen-bond donors (Lipinski definition) is 0. The van der Waals surface area contributed by atoms with Crippen LogP contribution in [0.25, 0.3) is 10.2 Å². The molecule has 0 saturated carbocycles. The molecule has 0 spiro atoms. The first-order valence-corrected chi connectivity index (χ1v) is 9.63. The van der Waals surface area contributed by atoms with Crippen LogP contribution in [0.2, 0.25) is 0 Å². The third-order valence-corrected chi connectivity index (χ3v) is 6.06. The lowest BCUT2D eigenvalue weighted by atomic mass is 9.97. The van der Waals surface area contributed by atoms with Crippen LogP contribution in [0.4, 0.5) is 0 Å². The van der Waals surface area contributed by atoms with Crippen molar-refractivity contribution >= 4 is 39.3 Å². The van der Waals surface area contributed by atoms with E-state index >= 15 is 0 Å². The zero-order chi connectivity index (χ0) is 15.4. The van der Waals surface area contributed by atoms with Gasteiger partial charge in [0.15, 0.2) is 0 Å². The molecule has 4 nitrogen and oxygen atoms in total. The largest absolute Gasteiger partial charge is 0.466 e. The van der Waals surface area contributed by atoms with Gasteiger partial charge in [-0.3, -0.25) is 4.79 Å². The van der Waals surface area contributed by atoms with Gasteiger partial charge in [0.1, 0.15) is 16.2 Å². The van der Waals surface area contributed by atoms with Crippen LogP contribution in [-0.4, -0.2) is 28.3 Å². The van der Waals surface area contributed by atoms with E-state index in [1.165, 1.54) is 35.1 Å². The van der Waals surface area contributed by atoms with Crippen LogP contribution in [0, 0.1) is 0 Å². The standard InChI is InChI=1S/C16H20N2O2S2/c1-2-20-13(19)8-5-9-21-15-14-11-6-3-4-7-12(11)22-16(14)18-10-17-15/h10H,2-9H2,1H3. The van der Waals surface area contributed by atoms with Crippen molar-refractivity contribution in [1.82, 2.24) is 9.97 Å². The smallest absolute Gasteiger partial charge is 0.305 e. The van der Waals surface area contributed by atoms with Crippen molar-refractivity contribution in [2.75, 3.05) is 12.4 Å². The van der Waals surface area contributed by atoms with Gasteiger partial charge in [-0.15, -0.1) is 23.1 Å². The average Bonchev–Trinajstić information content (AvgIpc) is 2.91.